The zero-order valence-electron chi connectivity index (χ0n) is 16.0. The quantitative estimate of drug-likeness (QED) is 0.649. The minimum Gasteiger partial charge on any atom is -0.494 e. The summed E-state index contributed by atoms with van der Waals surface area (Å²) in [6.07, 6.45) is 7.30. The molecule has 0 bridgehead atoms. The van der Waals surface area contributed by atoms with Crippen LogP contribution in [-0.4, -0.2) is 46.0 Å². The lowest BCUT2D eigenvalue weighted by Gasteiger charge is -2.16. The summed E-state index contributed by atoms with van der Waals surface area (Å²) in [4.78, 5) is 26.7. The van der Waals surface area contributed by atoms with Crippen LogP contribution in [0.25, 0.3) is 0 Å². The second kappa shape index (κ2) is 9.45. The summed E-state index contributed by atoms with van der Waals surface area (Å²) in [5, 5.41) is 3.16. The maximum absolute atomic E-state index is 12.5. The molecule has 1 amide bonds. The van der Waals surface area contributed by atoms with Crippen molar-refractivity contribution in [2.45, 2.75) is 13.3 Å². The first-order chi connectivity index (χ1) is 13.7. The molecule has 7 heteroatoms. The van der Waals surface area contributed by atoms with Crippen LogP contribution in [0.5, 0.6) is 5.75 Å². The molecule has 0 saturated carbocycles. The minimum absolute atomic E-state index is 0.158. The van der Waals surface area contributed by atoms with Crippen LogP contribution < -0.4 is 10.1 Å². The molecule has 0 unspecified atom stereocenters. The molecule has 0 atom stereocenters. The van der Waals surface area contributed by atoms with Gasteiger partial charge >= 0.3 is 0 Å². The van der Waals surface area contributed by atoms with Gasteiger partial charge in [0.1, 0.15) is 17.3 Å². The lowest BCUT2D eigenvalue weighted by atomic mass is 10.2. The van der Waals surface area contributed by atoms with Gasteiger partial charge in [-0.3, -0.25) is 9.78 Å². The van der Waals surface area contributed by atoms with Gasteiger partial charge in [0.05, 0.1) is 19.0 Å². The Hall–Kier alpha value is -3.48. The van der Waals surface area contributed by atoms with Crippen molar-refractivity contribution in [2.24, 2.45) is 0 Å². The molecule has 0 saturated heterocycles. The molecule has 0 fully saturated rings. The normalized spacial score (nSPS) is 10.4. The van der Waals surface area contributed by atoms with Gasteiger partial charge in [-0.15, -0.1) is 0 Å². The molecule has 0 spiro atoms. The first-order valence-corrected chi connectivity index (χ1v) is 9.12. The van der Waals surface area contributed by atoms with Crippen molar-refractivity contribution in [3.63, 3.8) is 0 Å². The molecule has 2 heterocycles. The van der Waals surface area contributed by atoms with Crippen LogP contribution in [0.2, 0.25) is 0 Å². The lowest BCUT2D eigenvalue weighted by Crippen LogP contribution is -2.29. The molecule has 0 radical (unpaired) electrons. The van der Waals surface area contributed by atoms with Crippen LogP contribution in [0.3, 0.4) is 0 Å². The smallest absolute Gasteiger partial charge is 0.273 e. The number of carbonyl (C=O) groups excluding carboxylic acids is 1. The van der Waals surface area contributed by atoms with Crippen LogP contribution in [-0.2, 0) is 6.42 Å². The van der Waals surface area contributed by atoms with Crippen LogP contribution in [0.15, 0.2) is 61.2 Å². The highest BCUT2D eigenvalue weighted by molar-refractivity contribution is 5.91. The highest BCUT2D eigenvalue weighted by Gasteiger charge is 2.13. The number of ether oxygens (including phenoxy) is 1. The average molecular weight is 377 g/mol. The Morgan fingerprint density at radius 1 is 1.07 bits per heavy atom. The van der Waals surface area contributed by atoms with Gasteiger partial charge in [-0.1, -0.05) is 0 Å². The predicted molar refractivity (Wildman–Crippen MR) is 108 cm³/mol. The van der Waals surface area contributed by atoms with E-state index < -0.39 is 0 Å². The lowest BCUT2D eigenvalue weighted by molar-refractivity contribution is 0.0790. The number of hydrogen-bond donors (Lipinski definition) is 1. The fourth-order valence-corrected chi connectivity index (χ4v) is 2.60. The molecule has 1 N–H and O–H groups in total. The summed E-state index contributed by atoms with van der Waals surface area (Å²) in [6, 6.07) is 11.5. The van der Waals surface area contributed by atoms with Gasteiger partial charge in [0.15, 0.2) is 0 Å². The zero-order chi connectivity index (χ0) is 19.8. The number of pyridine rings is 1. The average Bonchev–Trinajstić information content (AvgIpc) is 2.74. The Morgan fingerprint density at radius 2 is 1.82 bits per heavy atom. The Balaban J connectivity index is 1.56. The van der Waals surface area contributed by atoms with Crippen molar-refractivity contribution in [1.29, 1.82) is 0 Å². The molecular weight excluding hydrogens is 354 g/mol. The number of nitrogens with one attached hydrogen (secondary N) is 1. The molecule has 0 aliphatic heterocycles. The predicted octanol–water partition coefficient (Wildman–Crippen LogP) is 3.33. The molecule has 7 nitrogen and oxygen atoms in total. The number of aromatic nitrogens is 3. The summed E-state index contributed by atoms with van der Waals surface area (Å²) in [7, 11) is 1.76. The van der Waals surface area contributed by atoms with Gasteiger partial charge in [-0.05, 0) is 55.3 Å². The summed E-state index contributed by atoms with van der Waals surface area (Å²) in [6.45, 7) is 3.17. The van der Waals surface area contributed by atoms with E-state index >= 15 is 0 Å². The van der Waals surface area contributed by atoms with Crippen LogP contribution in [0.1, 0.15) is 23.0 Å². The van der Waals surface area contributed by atoms with Crippen LogP contribution in [0, 0.1) is 0 Å². The molecule has 3 aromatic rings. The minimum atomic E-state index is -0.158. The van der Waals surface area contributed by atoms with Crippen molar-refractivity contribution < 1.29 is 9.53 Å². The van der Waals surface area contributed by atoms with Gasteiger partial charge < -0.3 is 15.0 Å². The first kappa shape index (κ1) is 19.3. The molecule has 2 aromatic heterocycles. The second-order valence-electron chi connectivity index (χ2n) is 6.20. The van der Waals surface area contributed by atoms with E-state index in [4.69, 9.17) is 4.74 Å². The zero-order valence-corrected chi connectivity index (χ0v) is 16.0. The monoisotopic (exact) mass is 377 g/mol. The van der Waals surface area contributed by atoms with E-state index in [0.29, 0.717) is 24.7 Å². The molecule has 3 rings (SSSR count). The molecular formula is C21H23N5O2. The number of anilines is 2. The van der Waals surface area contributed by atoms with Crippen molar-refractivity contribution in [2.75, 3.05) is 25.5 Å². The van der Waals surface area contributed by atoms with E-state index in [2.05, 4.69) is 20.3 Å². The number of nitrogens with zero attached hydrogens (tertiary/aromatic N) is 4. The topological polar surface area (TPSA) is 80.2 Å². The van der Waals surface area contributed by atoms with Crippen molar-refractivity contribution in [1.82, 2.24) is 19.9 Å². The second-order valence-corrected chi connectivity index (χ2v) is 6.20. The van der Waals surface area contributed by atoms with Crippen LogP contribution in [0.4, 0.5) is 11.5 Å². The number of rotatable bonds is 8. The van der Waals surface area contributed by atoms with Gasteiger partial charge in [-0.2, -0.15) is 0 Å². The standard InChI is InChI=1S/C21H23N5O2/c1-3-28-18-6-4-17(5-7-18)25-20-15-23-19(14-24-20)21(27)26(2)13-10-16-8-11-22-12-9-16/h4-9,11-12,14-15H,3,10,13H2,1-2H3,(H,24,25). The third-order valence-electron chi connectivity index (χ3n) is 4.14. The summed E-state index contributed by atoms with van der Waals surface area (Å²) in [5.74, 6) is 1.23. The van der Waals surface area contributed by atoms with Crippen LogP contribution >= 0.6 is 0 Å². The Kier molecular flexibility index (Phi) is 6.51. The largest absolute Gasteiger partial charge is 0.494 e. The molecule has 0 aliphatic rings. The number of amides is 1. The number of hydrogen-bond acceptors (Lipinski definition) is 6. The van der Waals surface area contributed by atoms with Crippen molar-refractivity contribution in [3.8, 4) is 5.75 Å². The molecule has 28 heavy (non-hydrogen) atoms. The first-order valence-electron chi connectivity index (χ1n) is 9.12. The van der Waals surface area contributed by atoms with E-state index in [1.54, 1.807) is 30.5 Å². The van der Waals surface area contributed by atoms with Gasteiger partial charge in [0.2, 0.25) is 0 Å². The van der Waals surface area contributed by atoms with Gasteiger partial charge in [-0.25, -0.2) is 9.97 Å². The fourth-order valence-electron chi connectivity index (χ4n) is 2.60. The van der Waals surface area contributed by atoms with Crippen molar-refractivity contribution >= 4 is 17.4 Å². The summed E-state index contributed by atoms with van der Waals surface area (Å²) >= 11 is 0. The van der Waals surface area contributed by atoms with E-state index in [-0.39, 0.29) is 5.91 Å². The summed E-state index contributed by atoms with van der Waals surface area (Å²) < 4.78 is 5.42. The number of carbonyl (C=O) groups is 1. The van der Waals surface area contributed by atoms with E-state index in [1.807, 2.05) is 43.3 Å². The highest BCUT2D eigenvalue weighted by atomic mass is 16.5. The Bertz CT molecular complexity index is 883. The third-order valence-corrected chi connectivity index (χ3v) is 4.14. The SMILES string of the molecule is CCOc1ccc(Nc2cnc(C(=O)N(C)CCc3ccncc3)cn2)cc1. The van der Waals surface area contributed by atoms with E-state index in [9.17, 15) is 4.79 Å². The summed E-state index contributed by atoms with van der Waals surface area (Å²) in [5.41, 5.74) is 2.32. The number of benzene rings is 1. The Labute approximate surface area is 164 Å². The molecule has 144 valence electrons. The van der Waals surface area contributed by atoms with E-state index in [1.165, 1.54) is 6.20 Å². The fraction of sp³-hybridized carbons (Fsp3) is 0.238. The van der Waals surface area contributed by atoms with Crippen molar-refractivity contribution in [3.05, 3.63) is 72.4 Å². The molecule has 0 aliphatic carbocycles. The molecule has 1 aromatic carbocycles. The van der Waals surface area contributed by atoms with Gasteiger partial charge in [0, 0.05) is 31.7 Å². The third kappa shape index (κ3) is 5.26. The maximum atomic E-state index is 12.5. The number of likely N-dealkylation sites (N-methyl/N-ethyl adjacent to an activating group) is 1. The van der Waals surface area contributed by atoms with E-state index in [0.717, 1.165) is 23.4 Å². The Morgan fingerprint density at radius 3 is 2.46 bits per heavy atom. The highest BCUT2D eigenvalue weighted by Crippen LogP contribution is 2.18. The maximum Gasteiger partial charge on any atom is 0.273 e. The van der Waals surface area contributed by atoms with Gasteiger partial charge in [0.25, 0.3) is 5.91 Å².